The van der Waals surface area contributed by atoms with Gasteiger partial charge in [-0.1, -0.05) is 18.2 Å². The maximum atomic E-state index is 4.49. The molecule has 4 heteroatoms. The molecular formula is C16H21N3S. The van der Waals surface area contributed by atoms with Crippen molar-refractivity contribution in [1.29, 1.82) is 0 Å². The van der Waals surface area contributed by atoms with E-state index < -0.39 is 0 Å². The molecule has 0 radical (unpaired) electrons. The standard InChI is InChI=1S/C16H21N3S/c1-19(2)11-10-17-16-9-8-13(12-18-16)14-6-4-5-7-15(14)20-3/h4-9,12H,10-11H2,1-3H3,(H,17,18). The Balaban J connectivity index is 2.08. The number of pyridine rings is 1. The van der Waals surface area contributed by atoms with Gasteiger partial charge in [-0.2, -0.15) is 0 Å². The predicted octanol–water partition coefficient (Wildman–Crippen LogP) is 3.44. The monoisotopic (exact) mass is 287 g/mol. The molecule has 1 aromatic carbocycles. The highest BCUT2D eigenvalue weighted by Crippen LogP contribution is 2.29. The molecule has 1 N–H and O–H groups in total. The Labute approximate surface area is 125 Å². The van der Waals surface area contributed by atoms with Crippen molar-refractivity contribution in [3.8, 4) is 11.1 Å². The van der Waals surface area contributed by atoms with E-state index in [-0.39, 0.29) is 0 Å². The van der Waals surface area contributed by atoms with Crippen molar-refractivity contribution in [3.05, 3.63) is 42.6 Å². The van der Waals surface area contributed by atoms with Crippen LogP contribution in [0.2, 0.25) is 0 Å². The highest BCUT2D eigenvalue weighted by Gasteiger charge is 2.04. The molecule has 0 aliphatic heterocycles. The third kappa shape index (κ3) is 3.99. The van der Waals surface area contributed by atoms with Gasteiger partial charge >= 0.3 is 0 Å². The maximum absolute atomic E-state index is 4.49. The third-order valence-electron chi connectivity index (χ3n) is 3.05. The number of nitrogens with zero attached hydrogens (tertiary/aromatic N) is 2. The number of anilines is 1. The molecule has 0 amide bonds. The first-order chi connectivity index (χ1) is 9.70. The van der Waals surface area contributed by atoms with Gasteiger partial charge in [-0.3, -0.25) is 0 Å². The fourth-order valence-corrected chi connectivity index (χ4v) is 2.57. The molecule has 3 nitrogen and oxygen atoms in total. The molecule has 0 saturated heterocycles. The maximum Gasteiger partial charge on any atom is 0.125 e. The van der Waals surface area contributed by atoms with Crippen molar-refractivity contribution in [2.45, 2.75) is 4.90 Å². The summed E-state index contributed by atoms with van der Waals surface area (Å²) in [5.41, 5.74) is 2.40. The van der Waals surface area contributed by atoms with Gasteiger partial charge in [-0.25, -0.2) is 4.98 Å². The van der Waals surface area contributed by atoms with E-state index in [9.17, 15) is 0 Å². The van der Waals surface area contributed by atoms with Crippen molar-refractivity contribution < 1.29 is 0 Å². The van der Waals surface area contributed by atoms with Crippen LogP contribution in [-0.2, 0) is 0 Å². The van der Waals surface area contributed by atoms with Crippen LogP contribution in [0.15, 0.2) is 47.5 Å². The van der Waals surface area contributed by atoms with Gasteiger partial charge in [0.25, 0.3) is 0 Å². The Kier molecular flexibility index (Phi) is 5.44. The number of nitrogens with one attached hydrogen (secondary N) is 1. The van der Waals surface area contributed by atoms with Gasteiger partial charge in [0.05, 0.1) is 0 Å². The quantitative estimate of drug-likeness (QED) is 0.824. The lowest BCUT2D eigenvalue weighted by Crippen LogP contribution is -2.21. The lowest BCUT2D eigenvalue weighted by molar-refractivity contribution is 0.425. The summed E-state index contributed by atoms with van der Waals surface area (Å²) in [6, 6.07) is 12.6. The third-order valence-corrected chi connectivity index (χ3v) is 3.84. The van der Waals surface area contributed by atoms with Crippen LogP contribution in [0.3, 0.4) is 0 Å². The number of thioether (sulfide) groups is 1. The smallest absolute Gasteiger partial charge is 0.125 e. The summed E-state index contributed by atoms with van der Waals surface area (Å²) in [5, 5.41) is 3.33. The fourth-order valence-electron chi connectivity index (χ4n) is 1.95. The average Bonchev–Trinajstić information content (AvgIpc) is 2.47. The number of hydrogen-bond donors (Lipinski definition) is 1. The van der Waals surface area contributed by atoms with E-state index in [2.05, 4.69) is 65.9 Å². The first-order valence-electron chi connectivity index (χ1n) is 6.69. The van der Waals surface area contributed by atoms with Gasteiger partial charge in [0.15, 0.2) is 0 Å². The summed E-state index contributed by atoms with van der Waals surface area (Å²) in [4.78, 5) is 7.92. The first-order valence-corrected chi connectivity index (χ1v) is 7.91. The average molecular weight is 287 g/mol. The van der Waals surface area contributed by atoms with E-state index in [0.717, 1.165) is 24.5 Å². The van der Waals surface area contributed by atoms with E-state index in [1.165, 1.54) is 10.5 Å². The van der Waals surface area contributed by atoms with Crippen molar-refractivity contribution in [1.82, 2.24) is 9.88 Å². The van der Waals surface area contributed by atoms with Crippen LogP contribution in [-0.4, -0.2) is 43.3 Å². The van der Waals surface area contributed by atoms with E-state index in [1.54, 1.807) is 11.8 Å². The second kappa shape index (κ2) is 7.31. The molecule has 0 spiro atoms. The fraction of sp³-hybridized carbons (Fsp3) is 0.312. The summed E-state index contributed by atoms with van der Waals surface area (Å²) in [6.07, 6.45) is 4.04. The minimum atomic E-state index is 0.904. The minimum Gasteiger partial charge on any atom is -0.369 e. The summed E-state index contributed by atoms with van der Waals surface area (Å²) in [6.45, 7) is 1.90. The molecule has 2 rings (SSSR count). The van der Waals surface area contributed by atoms with Gasteiger partial charge in [-0.15, -0.1) is 11.8 Å². The lowest BCUT2D eigenvalue weighted by Gasteiger charge is -2.11. The Morgan fingerprint density at radius 3 is 2.60 bits per heavy atom. The molecule has 0 aliphatic rings. The summed E-state index contributed by atoms with van der Waals surface area (Å²) < 4.78 is 0. The molecule has 1 heterocycles. The number of rotatable bonds is 6. The van der Waals surface area contributed by atoms with Crippen LogP contribution in [0.25, 0.3) is 11.1 Å². The molecule has 0 fully saturated rings. The summed E-state index contributed by atoms with van der Waals surface area (Å²) in [7, 11) is 4.13. The Hall–Kier alpha value is -1.52. The van der Waals surface area contributed by atoms with Gasteiger partial charge in [0, 0.05) is 29.7 Å². The second-order valence-corrected chi connectivity index (χ2v) is 5.71. The van der Waals surface area contributed by atoms with Gasteiger partial charge in [0.1, 0.15) is 5.82 Å². The van der Waals surface area contributed by atoms with Crippen LogP contribution in [0.1, 0.15) is 0 Å². The van der Waals surface area contributed by atoms with Gasteiger partial charge in [0.2, 0.25) is 0 Å². The zero-order valence-electron chi connectivity index (χ0n) is 12.3. The number of aromatic nitrogens is 1. The zero-order valence-corrected chi connectivity index (χ0v) is 13.1. The Morgan fingerprint density at radius 1 is 1.15 bits per heavy atom. The molecule has 20 heavy (non-hydrogen) atoms. The molecule has 0 unspecified atom stereocenters. The van der Waals surface area contributed by atoms with Crippen LogP contribution in [0.5, 0.6) is 0 Å². The van der Waals surface area contributed by atoms with E-state index in [0.29, 0.717) is 0 Å². The first kappa shape index (κ1) is 14.9. The van der Waals surface area contributed by atoms with Crippen molar-refractivity contribution in [2.24, 2.45) is 0 Å². The van der Waals surface area contributed by atoms with Crippen LogP contribution < -0.4 is 5.32 Å². The van der Waals surface area contributed by atoms with Crippen LogP contribution in [0.4, 0.5) is 5.82 Å². The van der Waals surface area contributed by atoms with Crippen molar-refractivity contribution in [3.63, 3.8) is 0 Å². The molecule has 106 valence electrons. The van der Waals surface area contributed by atoms with Crippen LogP contribution in [0, 0.1) is 0 Å². The van der Waals surface area contributed by atoms with Crippen LogP contribution >= 0.6 is 11.8 Å². The van der Waals surface area contributed by atoms with E-state index >= 15 is 0 Å². The van der Waals surface area contributed by atoms with Crippen molar-refractivity contribution in [2.75, 3.05) is 38.8 Å². The van der Waals surface area contributed by atoms with Crippen molar-refractivity contribution >= 4 is 17.6 Å². The molecule has 0 aliphatic carbocycles. The Morgan fingerprint density at radius 2 is 1.95 bits per heavy atom. The van der Waals surface area contributed by atoms with E-state index in [1.807, 2.05) is 12.3 Å². The lowest BCUT2D eigenvalue weighted by atomic mass is 10.1. The summed E-state index contributed by atoms with van der Waals surface area (Å²) >= 11 is 1.76. The number of hydrogen-bond acceptors (Lipinski definition) is 4. The molecule has 0 saturated carbocycles. The Bertz CT molecular complexity index is 538. The number of benzene rings is 1. The molecule has 0 bridgehead atoms. The molecule has 0 atom stereocenters. The largest absolute Gasteiger partial charge is 0.369 e. The molecular weight excluding hydrogens is 266 g/mol. The minimum absolute atomic E-state index is 0.904. The normalized spacial score (nSPS) is 10.8. The topological polar surface area (TPSA) is 28.2 Å². The highest BCUT2D eigenvalue weighted by molar-refractivity contribution is 7.98. The SMILES string of the molecule is CSc1ccccc1-c1ccc(NCCN(C)C)nc1. The number of likely N-dealkylation sites (N-methyl/N-ethyl adjacent to an activating group) is 1. The van der Waals surface area contributed by atoms with E-state index in [4.69, 9.17) is 0 Å². The predicted molar refractivity (Wildman–Crippen MR) is 88.5 cm³/mol. The molecule has 2 aromatic rings. The summed E-state index contributed by atoms with van der Waals surface area (Å²) in [5.74, 6) is 0.928. The second-order valence-electron chi connectivity index (χ2n) is 4.86. The highest BCUT2D eigenvalue weighted by atomic mass is 32.2. The van der Waals surface area contributed by atoms with Gasteiger partial charge in [-0.05, 0) is 44.1 Å². The molecule has 1 aromatic heterocycles. The van der Waals surface area contributed by atoms with Gasteiger partial charge < -0.3 is 10.2 Å². The zero-order chi connectivity index (χ0) is 14.4.